The number of carbonyl (C=O) groups is 1. The van der Waals surface area contributed by atoms with E-state index >= 15 is 0 Å². The van der Waals surface area contributed by atoms with Gasteiger partial charge >= 0.3 is 6.09 Å². The van der Waals surface area contributed by atoms with E-state index in [4.69, 9.17) is 44.3 Å². The number of benzene rings is 1. The molecule has 0 bridgehead atoms. The number of hydrogen-bond donors (Lipinski definition) is 2. The molecule has 0 radical (unpaired) electrons. The molecular weight excluding hydrogens is 413 g/mol. The highest BCUT2D eigenvalue weighted by molar-refractivity contribution is 7.99. The predicted octanol–water partition coefficient (Wildman–Crippen LogP) is 2.66. The van der Waals surface area contributed by atoms with Crippen LogP contribution in [0, 0.1) is 0 Å². The fraction of sp³-hybridized carbons (Fsp3) is 0.533. The molecule has 1 amide bonds. The van der Waals surface area contributed by atoms with E-state index in [-0.39, 0.29) is 6.61 Å². The molecule has 0 saturated carbocycles. The van der Waals surface area contributed by atoms with Gasteiger partial charge in [0.1, 0.15) is 24.3 Å². The van der Waals surface area contributed by atoms with Crippen molar-refractivity contribution in [2.24, 2.45) is 0 Å². The molecular formula is C15H18Cl3NO5S. The molecule has 1 saturated heterocycles. The second-order valence-electron chi connectivity index (χ2n) is 5.46. The van der Waals surface area contributed by atoms with Crippen molar-refractivity contribution < 1.29 is 24.5 Å². The van der Waals surface area contributed by atoms with Crippen molar-refractivity contribution in [3.63, 3.8) is 0 Å². The Morgan fingerprint density at radius 2 is 2.00 bits per heavy atom. The topological polar surface area (TPSA) is 79.2 Å². The summed E-state index contributed by atoms with van der Waals surface area (Å²) in [5, 5.41) is 20.3. The lowest BCUT2D eigenvalue weighted by Crippen LogP contribution is -2.60. The van der Waals surface area contributed by atoms with Crippen molar-refractivity contribution in [2.45, 2.75) is 32.4 Å². The van der Waals surface area contributed by atoms with E-state index < -0.39 is 40.2 Å². The Morgan fingerprint density at radius 3 is 2.60 bits per heavy atom. The Kier molecular flexibility index (Phi) is 7.52. The van der Waals surface area contributed by atoms with Crippen molar-refractivity contribution >= 4 is 52.7 Å². The fourth-order valence-electron chi connectivity index (χ4n) is 2.29. The molecule has 140 valence electrons. The van der Waals surface area contributed by atoms with Gasteiger partial charge < -0.3 is 24.6 Å². The molecule has 1 aromatic rings. The summed E-state index contributed by atoms with van der Waals surface area (Å²) in [6.45, 7) is -0.483. The van der Waals surface area contributed by atoms with Gasteiger partial charge in [0, 0.05) is 11.9 Å². The van der Waals surface area contributed by atoms with Crippen LogP contribution in [0.1, 0.15) is 0 Å². The van der Waals surface area contributed by atoms with Gasteiger partial charge in [-0.2, -0.15) is 0 Å². The molecule has 1 aliphatic rings. The molecule has 4 atom stereocenters. The number of aliphatic hydroxyl groups is 2. The van der Waals surface area contributed by atoms with Crippen LogP contribution in [0.15, 0.2) is 35.2 Å². The zero-order valence-electron chi connectivity index (χ0n) is 13.2. The summed E-state index contributed by atoms with van der Waals surface area (Å²) in [5.41, 5.74) is -0.605. The SMILES string of the molecule is CN(C(=O)OCC(Cl)(Cl)Cl)[C@@H]1[C@@H](O)[C@H](O)CO[C@@H]1Sc1ccccc1. The number of thioether (sulfide) groups is 1. The Morgan fingerprint density at radius 1 is 1.36 bits per heavy atom. The third-order valence-electron chi connectivity index (χ3n) is 3.54. The second-order valence-corrected chi connectivity index (χ2v) is 9.15. The molecule has 2 rings (SSSR count). The van der Waals surface area contributed by atoms with Gasteiger partial charge in [-0.15, -0.1) is 0 Å². The largest absolute Gasteiger partial charge is 0.445 e. The number of aliphatic hydroxyl groups excluding tert-OH is 2. The smallest absolute Gasteiger partial charge is 0.410 e. The van der Waals surface area contributed by atoms with Crippen LogP contribution >= 0.6 is 46.6 Å². The lowest BCUT2D eigenvalue weighted by atomic mass is 10.0. The molecule has 1 aromatic carbocycles. The molecule has 0 unspecified atom stereocenters. The van der Waals surface area contributed by atoms with Gasteiger partial charge in [-0.25, -0.2) is 4.79 Å². The fourth-order valence-corrected chi connectivity index (χ4v) is 3.67. The molecule has 25 heavy (non-hydrogen) atoms. The molecule has 0 aromatic heterocycles. The molecule has 10 heteroatoms. The number of nitrogens with zero attached hydrogens (tertiary/aromatic N) is 1. The van der Waals surface area contributed by atoms with Crippen molar-refractivity contribution in [1.29, 1.82) is 0 Å². The maximum absolute atomic E-state index is 12.2. The van der Waals surface area contributed by atoms with Crippen LogP contribution in [-0.2, 0) is 9.47 Å². The molecule has 0 aliphatic carbocycles. The van der Waals surface area contributed by atoms with E-state index in [2.05, 4.69) is 0 Å². The first-order valence-electron chi connectivity index (χ1n) is 7.35. The Balaban J connectivity index is 2.11. The van der Waals surface area contributed by atoms with Gasteiger partial charge in [0.15, 0.2) is 0 Å². The van der Waals surface area contributed by atoms with Crippen molar-refractivity contribution in [3.05, 3.63) is 30.3 Å². The Bertz CT molecular complexity index is 574. The average molecular weight is 431 g/mol. The van der Waals surface area contributed by atoms with E-state index in [1.165, 1.54) is 18.8 Å². The first-order valence-corrected chi connectivity index (χ1v) is 9.36. The van der Waals surface area contributed by atoms with E-state index in [1.807, 2.05) is 30.3 Å². The van der Waals surface area contributed by atoms with Gasteiger partial charge in [-0.05, 0) is 12.1 Å². The third-order valence-corrected chi connectivity index (χ3v) is 5.06. The van der Waals surface area contributed by atoms with Crippen LogP contribution in [0.2, 0.25) is 0 Å². The van der Waals surface area contributed by atoms with Crippen molar-refractivity contribution in [1.82, 2.24) is 4.90 Å². The molecule has 0 spiro atoms. The molecule has 1 heterocycles. The highest BCUT2D eigenvalue weighted by atomic mass is 35.6. The first kappa shape index (κ1) is 20.9. The minimum Gasteiger partial charge on any atom is -0.445 e. The lowest BCUT2D eigenvalue weighted by Gasteiger charge is -2.42. The molecule has 1 aliphatic heterocycles. The van der Waals surface area contributed by atoms with E-state index in [9.17, 15) is 15.0 Å². The average Bonchev–Trinajstić information content (AvgIpc) is 2.56. The van der Waals surface area contributed by atoms with Gasteiger partial charge in [0.2, 0.25) is 3.79 Å². The maximum Gasteiger partial charge on any atom is 0.410 e. The molecule has 1 fully saturated rings. The summed E-state index contributed by atoms with van der Waals surface area (Å²) < 4.78 is 8.82. The Labute approximate surface area is 164 Å². The van der Waals surface area contributed by atoms with Crippen LogP contribution in [-0.4, -0.2) is 68.9 Å². The molecule has 2 N–H and O–H groups in total. The number of amides is 1. The van der Waals surface area contributed by atoms with E-state index in [0.717, 1.165) is 9.80 Å². The minimum atomic E-state index is -1.74. The summed E-state index contributed by atoms with van der Waals surface area (Å²) in [4.78, 5) is 14.2. The Hall–Kier alpha value is -0.410. The number of hydrogen-bond acceptors (Lipinski definition) is 6. The summed E-state index contributed by atoms with van der Waals surface area (Å²) in [6.07, 6.45) is -3.13. The number of alkyl halides is 3. The highest BCUT2D eigenvalue weighted by Gasteiger charge is 2.44. The van der Waals surface area contributed by atoms with Gasteiger partial charge in [0.25, 0.3) is 0 Å². The number of ether oxygens (including phenoxy) is 2. The van der Waals surface area contributed by atoms with Crippen LogP contribution in [0.25, 0.3) is 0 Å². The van der Waals surface area contributed by atoms with Crippen molar-refractivity contribution in [2.75, 3.05) is 20.3 Å². The summed E-state index contributed by atoms with van der Waals surface area (Å²) in [5.74, 6) is 0. The van der Waals surface area contributed by atoms with E-state index in [1.54, 1.807) is 0 Å². The normalized spacial score (nSPS) is 27.0. The van der Waals surface area contributed by atoms with Gasteiger partial charge in [-0.3, -0.25) is 0 Å². The quantitative estimate of drug-likeness (QED) is 0.715. The summed E-state index contributed by atoms with van der Waals surface area (Å²) in [6, 6.07) is 8.52. The molecule has 6 nitrogen and oxygen atoms in total. The first-order chi connectivity index (χ1) is 11.7. The zero-order valence-corrected chi connectivity index (χ0v) is 16.3. The second kappa shape index (κ2) is 8.99. The van der Waals surface area contributed by atoms with Crippen LogP contribution in [0.3, 0.4) is 0 Å². The van der Waals surface area contributed by atoms with Gasteiger partial charge in [-0.1, -0.05) is 64.8 Å². The number of rotatable bonds is 4. The van der Waals surface area contributed by atoms with Crippen LogP contribution < -0.4 is 0 Å². The summed E-state index contributed by atoms with van der Waals surface area (Å²) >= 11 is 18.0. The highest BCUT2D eigenvalue weighted by Crippen LogP contribution is 2.33. The monoisotopic (exact) mass is 429 g/mol. The number of likely N-dealkylation sites (N-methyl/N-ethyl adjacent to an activating group) is 1. The number of carbonyl (C=O) groups excluding carboxylic acids is 1. The third kappa shape index (κ3) is 6.06. The maximum atomic E-state index is 12.2. The summed E-state index contributed by atoms with van der Waals surface area (Å²) in [7, 11) is 1.43. The van der Waals surface area contributed by atoms with Crippen LogP contribution in [0.5, 0.6) is 0 Å². The lowest BCUT2D eigenvalue weighted by molar-refractivity contribution is -0.135. The van der Waals surface area contributed by atoms with Gasteiger partial charge in [0.05, 0.1) is 12.6 Å². The zero-order chi connectivity index (χ0) is 18.6. The predicted molar refractivity (Wildman–Crippen MR) is 97.2 cm³/mol. The standard InChI is InChI=1S/C15H18Cl3NO5S/c1-19(14(22)24-8-15(16,17)18)11-12(21)10(20)7-23-13(11)25-9-5-3-2-4-6-9/h2-6,10-13,20-21H,7-8H2,1H3/t10-,11-,12+,13-/m1/s1. The van der Waals surface area contributed by atoms with Crippen LogP contribution in [0.4, 0.5) is 4.79 Å². The van der Waals surface area contributed by atoms with E-state index in [0.29, 0.717) is 0 Å². The van der Waals surface area contributed by atoms with Crippen molar-refractivity contribution in [3.8, 4) is 0 Å². The minimum absolute atomic E-state index is 0.0425. The number of halogens is 3.